The van der Waals surface area contributed by atoms with E-state index in [9.17, 15) is 0 Å². The van der Waals surface area contributed by atoms with Gasteiger partial charge in [0, 0.05) is 152 Å². The zero-order chi connectivity index (χ0) is 96.8. The Bertz CT molecular complexity index is 7800. The fourth-order valence-corrected chi connectivity index (χ4v) is 16.3. The normalized spacial score (nSPS) is 10.7. The number of nitrogens with zero attached hydrogens (tertiary/aromatic N) is 8. The number of hydrogen-bond donors (Lipinski definition) is 0. The van der Waals surface area contributed by atoms with Crippen molar-refractivity contribution in [2.45, 2.75) is 107 Å². The van der Waals surface area contributed by atoms with Crippen LogP contribution in [0.4, 0.5) is 0 Å². The van der Waals surface area contributed by atoms with Crippen molar-refractivity contribution in [2.24, 2.45) is 0 Å². The fourth-order valence-electron chi connectivity index (χ4n) is 16.3. The van der Waals surface area contributed by atoms with E-state index in [1.807, 2.05) is 231 Å². The standard InChI is InChI=1S/4C20H16NO.4C12H10N.4Ir/c1-13(2)14-7-5-8-15-16-9-6-10-17(20(16)22-19(14)15)18-11-3-4-12-21-18;1-13(2)14-10-6-12-21-19(14)17-9-5-8-16-15-7-3-4-11-18(15)22-20(16)17;1-13(2)14-9-10-15-16-6-5-7-17(18-8-3-4-11-21-18)20(16)22-19(15)12-14;1-13(2)14-9-10-19-17(12-14)15-6-5-7-16(20(15)22-19)18-8-3-4-11-21-18;4*1-10-5-7-11(8-6-10)12-4-2-3-9-13-12;;;;/h3-9,11-13H,1-2H3;3-8,10-13H,1-2H3;2*3-6,8-13H,1-2H3;4*2-7,9H,1H3;;;;/q8*-1;;;;. The summed E-state index contributed by atoms with van der Waals surface area (Å²) in [5, 5.41) is 9.07. The molecule has 0 fully saturated rings. The van der Waals surface area contributed by atoms with Crippen LogP contribution in [0.2, 0.25) is 0 Å². The van der Waals surface area contributed by atoms with E-state index in [2.05, 4.69) is 287 Å². The van der Waals surface area contributed by atoms with Crippen molar-refractivity contribution in [3.05, 3.63) is 482 Å². The number of pyridine rings is 8. The first-order chi connectivity index (χ1) is 68.4. The van der Waals surface area contributed by atoms with Crippen LogP contribution in [0, 0.1) is 76.2 Å². The van der Waals surface area contributed by atoms with Gasteiger partial charge >= 0.3 is 0 Å². The van der Waals surface area contributed by atoms with Crippen LogP contribution in [-0.2, 0) is 80.4 Å². The van der Waals surface area contributed by atoms with E-state index in [1.165, 1.54) is 44.5 Å². The third-order valence-corrected chi connectivity index (χ3v) is 23.8. The molecular weight excluding hydrogens is 2480 g/mol. The van der Waals surface area contributed by atoms with Gasteiger partial charge in [-0.25, -0.2) is 0 Å². The molecule has 0 atom stereocenters. The summed E-state index contributed by atoms with van der Waals surface area (Å²) in [7, 11) is 0. The summed E-state index contributed by atoms with van der Waals surface area (Å²) in [6.45, 7) is 25.7. The maximum absolute atomic E-state index is 6.26. The van der Waals surface area contributed by atoms with Gasteiger partial charge in [-0.05, 0) is 159 Å². The molecule has 144 heavy (non-hydrogen) atoms. The minimum Gasteiger partial charge on any atom is -0.501 e. The summed E-state index contributed by atoms with van der Waals surface area (Å²) >= 11 is 0. The van der Waals surface area contributed by atoms with Crippen LogP contribution in [0.1, 0.15) is 124 Å². The van der Waals surface area contributed by atoms with Gasteiger partial charge in [-0.15, -0.1) is 214 Å². The molecule has 0 saturated carbocycles. The first-order valence-corrected chi connectivity index (χ1v) is 47.1. The molecule has 0 N–H and O–H groups in total. The van der Waals surface area contributed by atoms with Crippen molar-refractivity contribution in [3.63, 3.8) is 0 Å². The van der Waals surface area contributed by atoms with Crippen molar-refractivity contribution in [1.29, 1.82) is 0 Å². The average Bonchev–Trinajstić information content (AvgIpc) is 1.60. The Hall–Kier alpha value is -14.4. The van der Waals surface area contributed by atoms with Crippen LogP contribution in [-0.4, -0.2) is 39.9 Å². The van der Waals surface area contributed by atoms with Crippen molar-refractivity contribution in [2.75, 3.05) is 0 Å². The number of aromatic nitrogens is 8. The molecule has 0 saturated heterocycles. The number of fused-ring (bicyclic) bond motifs is 12. The largest absolute Gasteiger partial charge is 0.501 e. The molecule has 24 rings (SSSR count). The molecular formula is C128H104Ir4N8O4-8. The zero-order valence-corrected chi connectivity index (χ0v) is 91.4. The van der Waals surface area contributed by atoms with E-state index in [1.54, 1.807) is 43.4 Å². The molecule has 0 bridgehead atoms. The van der Waals surface area contributed by atoms with Crippen LogP contribution < -0.4 is 0 Å². The molecule has 0 amide bonds. The molecule has 24 aromatic rings. The van der Waals surface area contributed by atoms with Crippen LogP contribution in [0.3, 0.4) is 0 Å². The van der Waals surface area contributed by atoms with Crippen molar-refractivity contribution in [3.8, 4) is 90.1 Å². The van der Waals surface area contributed by atoms with Crippen LogP contribution in [0.15, 0.2) is 407 Å². The van der Waals surface area contributed by atoms with Crippen LogP contribution >= 0.6 is 0 Å². The number of furan rings is 4. The topological polar surface area (TPSA) is 156 Å². The molecule has 12 heterocycles. The van der Waals surface area contributed by atoms with Gasteiger partial charge in [0.25, 0.3) is 0 Å². The van der Waals surface area contributed by atoms with Crippen molar-refractivity contribution >= 4 is 87.8 Å². The Kier molecular flexibility index (Phi) is 38.3. The summed E-state index contributed by atoms with van der Waals surface area (Å²) in [5.41, 5.74) is 32.5. The number of hydrogen-bond acceptors (Lipinski definition) is 12. The van der Waals surface area contributed by atoms with Gasteiger partial charge in [-0.1, -0.05) is 278 Å². The molecule has 724 valence electrons. The van der Waals surface area contributed by atoms with Gasteiger partial charge in [-0.2, -0.15) is 0 Å². The second-order valence-corrected chi connectivity index (χ2v) is 35.2. The summed E-state index contributed by atoms with van der Waals surface area (Å²) < 4.78 is 24.6. The number of aryl methyl sites for hydroxylation is 4. The Morgan fingerprint density at radius 2 is 0.514 bits per heavy atom. The molecule has 0 aliphatic heterocycles. The van der Waals surface area contributed by atoms with Gasteiger partial charge in [-0.3, -0.25) is 0 Å². The van der Waals surface area contributed by atoms with Crippen molar-refractivity contribution < 1.29 is 98.1 Å². The molecule has 4 radical (unpaired) electrons. The van der Waals surface area contributed by atoms with E-state index in [4.69, 9.17) is 17.7 Å². The first kappa shape index (κ1) is 107. The maximum Gasteiger partial charge on any atom is 0.124 e. The molecule has 0 aliphatic rings. The SMILES string of the molecule is CC(C)c1ccc2c(c1)oc1c(-c3ccccn3)[c-]ccc12.CC(C)c1ccc2oc3c(-c4ccccn4)[c-]ccc3c2c1.CC(C)c1cccc2c1oc1c(-c3ccccn3)[c-]ccc12.CC(C)c1cccnc1-c1[c-]ccc2c1oc1ccccc12.Cc1c[c-]c(-c2ccccn2)cc1.Cc1c[c-]c(-c2ccccn2)cc1.Cc1c[c-]c(-c2ccccn2)cc1.Cc1c[c-]c(-c2ccccn2)cc1.[Ir].[Ir].[Ir].[Ir]. The number of para-hydroxylation sites is 2. The molecule has 16 heteroatoms. The van der Waals surface area contributed by atoms with Gasteiger partial charge in [0.1, 0.15) is 22.3 Å². The Labute approximate surface area is 896 Å². The predicted molar refractivity (Wildman–Crippen MR) is 572 cm³/mol. The monoisotopic (exact) mass is 2590 g/mol. The molecule has 12 aromatic carbocycles. The summed E-state index contributed by atoms with van der Waals surface area (Å²) in [4.78, 5) is 34.9. The molecule has 0 unspecified atom stereocenters. The maximum atomic E-state index is 6.26. The van der Waals surface area contributed by atoms with Crippen LogP contribution in [0.5, 0.6) is 0 Å². The third kappa shape index (κ3) is 26.2. The Morgan fingerprint density at radius 1 is 0.208 bits per heavy atom. The second-order valence-electron chi connectivity index (χ2n) is 35.2. The first-order valence-electron chi connectivity index (χ1n) is 47.1. The van der Waals surface area contributed by atoms with E-state index < -0.39 is 0 Å². The third-order valence-electron chi connectivity index (χ3n) is 23.8. The van der Waals surface area contributed by atoms with E-state index in [-0.39, 0.29) is 80.4 Å². The van der Waals surface area contributed by atoms with Crippen LogP contribution in [0.25, 0.3) is 178 Å². The molecule has 0 spiro atoms. The Morgan fingerprint density at radius 3 is 0.896 bits per heavy atom. The smallest absolute Gasteiger partial charge is 0.124 e. The molecule has 12 nitrogen and oxygen atoms in total. The van der Waals surface area contributed by atoms with E-state index in [0.29, 0.717) is 23.7 Å². The van der Waals surface area contributed by atoms with E-state index in [0.717, 1.165) is 178 Å². The van der Waals surface area contributed by atoms with E-state index >= 15 is 0 Å². The molecule has 12 aromatic heterocycles. The summed E-state index contributed by atoms with van der Waals surface area (Å²) in [6.07, 6.45) is 14.4. The summed E-state index contributed by atoms with van der Waals surface area (Å²) in [5.74, 6) is 1.81. The zero-order valence-electron chi connectivity index (χ0n) is 81.8. The van der Waals surface area contributed by atoms with Gasteiger partial charge in [0.05, 0.1) is 22.3 Å². The fraction of sp³-hybridized carbons (Fsp3) is 0.125. The average molecular weight is 2590 g/mol. The number of benzene rings is 12. The minimum atomic E-state index is 0. The predicted octanol–water partition coefficient (Wildman–Crippen LogP) is 33.7. The second kappa shape index (κ2) is 51.5. The van der Waals surface area contributed by atoms with Gasteiger partial charge < -0.3 is 57.5 Å². The number of rotatable bonds is 12. The van der Waals surface area contributed by atoms with Gasteiger partial charge in [0.15, 0.2) is 0 Å². The summed E-state index contributed by atoms with van der Waals surface area (Å²) in [6, 6.07) is 139. The van der Waals surface area contributed by atoms with Crippen molar-refractivity contribution in [1.82, 2.24) is 39.9 Å². The molecule has 0 aliphatic carbocycles. The Balaban J connectivity index is 0.000000139. The minimum absolute atomic E-state index is 0. The van der Waals surface area contributed by atoms with Gasteiger partial charge in [0.2, 0.25) is 0 Å². The quantitative estimate of drug-likeness (QED) is 0.107.